The first kappa shape index (κ1) is 18.9. The molecule has 1 aliphatic rings. The van der Waals surface area contributed by atoms with Crippen LogP contribution in [-0.2, 0) is 14.4 Å². The van der Waals surface area contributed by atoms with Gasteiger partial charge in [-0.3, -0.25) is 14.4 Å². The Morgan fingerprint density at radius 1 is 1.15 bits per heavy atom. The molecule has 8 heteroatoms. The van der Waals surface area contributed by atoms with Crippen molar-refractivity contribution in [1.82, 2.24) is 0 Å². The van der Waals surface area contributed by atoms with Gasteiger partial charge < -0.3 is 20.1 Å². The number of aliphatic carboxylic acids is 1. The summed E-state index contributed by atoms with van der Waals surface area (Å²) in [7, 11) is 0. The van der Waals surface area contributed by atoms with Crippen molar-refractivity contribution < 1.29 is 24.2 Å². The van der Waals surface area contributed by atoms with Gasteiger partial charge in [0, 0.05) is 28.8 Å². The number of anilines is 2. The lowest BCUT2D eigenvalue weighted by Crippen LogP contribution is -2.25. The van der Waals surface area contributed by atoms with Gasteiger partial charge in [-0.2, -0.15) is 0 Å². The number of ether oxygens (including phenoxy) is 1. The highest BCUT2D eigenvalue weighted by Gasteiger charge is 2.34. The number of hydrogen-bond donors (Lipinski definition) is 2. The largest absolute Gasteiger partial charge is 0.484 e. The second-order valence-electron chi connectivity index (χ2n) is 6.08. The maximum absolute atomic E-state index is 12.0. The zero-order valence-electron chi connectivity index (χ0n) is 14.2. The molecule has 0 aromatic heterocycles. The van der Waals surface area contributed by atoms with Crippen LogP contribution in [0.5, 0.6) is 5.75 Å². The molecule has 1 fully saturated rings. The van der Waals surface area contributed by atoms with Crippen LogP contribution in [0, 0.1) is 5.92 Å². The molecule has 2 amide bonds. The van der Waals surface area contributed by atoms with Gasteiger partial charge in [0.2, 0.25) is 5.91 Å². The fraction of sp³-hybridized carbons (Fsp3) is 0.211. The molecule has 2 aromatic carbocycles. The molecule has 7 nitrogen and oxygen atoms in total. The summed E-state index contributed by atoms with van der Waals surface area (Å²) >= 11 is 3.33. The van der Waals surface area contributed by atoms with Gasteiger partial charge in [-0.1, -0.05) is 15.9 Å². The van der Waals surface area contributed by atoms with Crippen molar-refractivity contribution in [2.24, 2.45) is 5.92 Å². The van der Waals surface area contributed by atoms with Crippen LogP contribution in [0.2, 0.25) is 0 Å². The Bertz CT molecular complexity index is 851. The minimum Gasteiger partial charge on any atom is -0.484 e. The smallest absolute Gasteiger partial charge is 0.308 e. The normalized spacial score (nSPS) is 16.3. The maximum Gasteiger partial charge on any atom is 0.308 e. The predicted octanol–water partition coefficient (Wildman–Crippen LogP) is 2.90. The molecule has 0 radical (unpaired) electrons. The molecule has 140 valence electrons. The van der Waals surface area contributed by atoms with Crippen LogP contribution >= 0.6 is 15.9 Å². The van der Waals surface area contributed by atoms with Crippen molar-refractivity contribution in [3.8, 4) is 5.75 Å². The Hall–Kier alpha value is -2.87. The number of carboxylic acid groups (broad SMARTS) is 1. The third-order valence-corrected chi connectivity index (χ3v) is 4.65. The van der Waals surface area contributed by atoms with Crippen LogP contribution in [0.1, 0.15) is 6.42 Å². The number of carbonyl (C=O) groups is 3. The molecule has 0 saturated carbocycles. The van der Waals surface area contributed by atoms with Gasteiger partial charge in [0.25, 0.3) is 5.91 Å². The number of benzene rings is 2. The van der Waals surface area contributed by atoms with Gasteiger partial charge in [0.15, 0.2) is 6.61 Å². The Morgan fingerprint density at radius 3 is 2.41 bits per heavy atom. The Morgan fingerprint density at radius 2 is 1.81 bits per heavy atom. The van der Waals surface area contributed by atoms with E-state index in [-0.39, 0.29) is 31.4 Å². The van der Waals surface area contributed by atoms with Crippen LogP contribution in [0.25, 0.3) is 0 Å². The summed E-state index contributed by atoms with van der Waals surface area (Å²) in [5, 5.41) is 11.8. The molecule has 3 rings (SSSR count). The quantitative estimate of drug-likeness (QED) is 0.731. The van der Waals surface area contributed by atoms with Crippen LogP contribution in [0.4, 0.5) is 11.4 Å². The molecule has 2 N–H and O–H groups in total. The van der Waals surface area contributed by atoms with Gasteiger partial charge in [0.1, 0.15) is 5.75 Å². The molecule has 2 aromatic rings. The molecule has 0 bridgehead atoms. The highest BCUT2D eigenvalue weighted by atomic mass is 79.9. The fourth-order valence-corrected chi connectivity index (χ4v) is 2.99. The molecule has 1 saturated heterocycles. The first-order valence-corrected chi connectivity index (χ1v) is 9.03. The molecule has 1 aliphatic heterocycles. The van der Waals surface area contributed by atoms with E-state index in [9.17, 15) is 14.4 Å². The van der Waals surface area contributed by atoms with Gasteiger partial charge in [-0.25, -0.2) is 0 Å². The van der Waals surface area contributed by atoms with Gasteiger partial charge in [0.05, 0.1) is 5.92 Å². The molecule has 0 spiro atoms. The standard InChI is InChI=1S/C19H17BrN2O5/c20-13-1-3-14(4-2-13)21-17(23)11-27-16-7-5-15(6-8-16)22-10-12(19(25)26)9-18(22)24/h1-8,12H,9-11H2,(H,21,23)(H,25,26). The van der Waals surface area contributed by atoms with Crippen LogP contribution in [0.15, 0.2) is 53.0 Å². The van der Waals surface area contributed by atoms with Gasteiger partial charge >= 0.3 is 5.97 Å². The van der Waals surface area contributed by atoms with E-state index in [4.69, 9.17) is 9.84 Å². The number of halogens is 1. The first-order chi connectivity index (χ1) is 12.9. The zero-order valence-corrected chi connectivity index (χ0v) is 15.8. The van der Waals surface area contributed by atoms with Crippen molar-refractivity contribution in [1.29, 1.82) is 0 Å². The SMILES string of the molecule is O=C(COc1ccc(N2CC(C(=O)O)CC2=O)cc1)Nc1ccc(Br)cc1. The molecule has 1 atom stereocenters. The summed E-state index contributed by atoms with van der Waals surface area (Å²) in [5.74, 6) is -1.69. The predicted molar refractivity (Wildman–Crippen MR) is 103 cm³/mol. The molecular formula is C19H17BrN2O5. The third kappa shape index (κ3) is 4.85. The van der Waals surface area contributed by atoms with E-state index in [2.05, 4.69) is 21.2 Å². The summed E-state index contributed by atoms with van der Waals surface area (Å²) in [6, 6.07) is 13.8. The summed E-state index contributed by atoms with van der Waals surface area (Å²) in [5.41, 5.74) is 1.28. The number of carboxylic acids is 1. The average Bonchev–Trinajstić information content (AvgIpc) is 3.04. The van der Waals surface area contributed by atoms with Gasteiger partial charge in [-0.15, -0.1) is 0 Å². The molecule has 27 heavy (non-hydrogen) atoms. The van der Waals surface area contributed by atoms with Crippen molar-refractivity contribution in [2.45, 2.75) is 6.42 Å². The van der Waals surface area contributed by atoms with Crippen molar-refractivity contribution in [2.75, 3.05) is 23.4 Å². The van der Waals surface area contributed by atoms with E-state index >= 15 is 0 Å². The van der Waals surface area contributed by atoms with E-state index < -0.39 is 11.9 Å². The second-order valence-corrected chi connectivity index (χ2v) is 7.00. The fourth-order valence-electron chi connectivity index (χ4n) is 2.72. The summed E-state index contributed by atoms with van der Waals surface area (Å²) in [6.07, 6.45) is 0.00378. The topological polar surface area (TPSA) is 95.9 Å². The van der Waals surface area contributed by atoms with E-state index in [1.54, 1.807) is 36.4 Å². The van der Waals surface area contributed by atoms with E-state index in [1.165, 1.54) is 4.90 Å². The molecular weight excluding hydrogens is 416 g/mol. The van der Waals surface area contributed by atoms with Crippen LogP contribution in [0.3, 0.4) is 0 Å². The van der Waals surface area contributed by atoms with Crippen molar-refractivity contribution in [3.63, 3.8) is 0 Å². The summed E-state index contributed by atoms with van der Waals surface area (Å²) in [4.78, 5) is 36.4. The Kier molecular flexibility index (Phi) is 5.75. The number of amides is 2. The first-order valence-electron chi connectivity index (χ1n) is 8.24. The van der Waals surface area contributed by atoms with E-state index in [1.807, 2.05) is 12.1 Å². The number of nitrogens with one attached hydrogen (secondary N) is 1. The number of carbonyl (C=O) groups excluding carboxylic acids is 2. The average molecular weight is 433 g/mol. The highest BCUT2D eigenvalue weighted by molar-refractivity contribution is 9.10. The van der Waals surface area contributed by atoms with Crippen molar-refractivity contribution >= 4 is 45.1 Å². The molecule has 1 unspecified atom stereocenters. The third-order valence-electron chi connectivity index (χ3n) is 4.12. The monoisotopic (exact) mass is 432 g/mol. The molecule has 1 heterocycles. The lowest BCUT2D eigenvalue weighted by Gasteiger charge is -2.16. The number of hydrogen-bond acceptors (Lipinski definition) is 4. The summed E-state index contributed by atoms with van der Waals surface area (Å²) < 4.78 is 6.37. The minimum atomic E-state index is -0.970. The van der Waals surface area contributed by atoms with E-state index in [0.29, 0.717) is 17.1 Å². The summed E-state index contributed by atoms with van der Waals surface area (Å²) in [6.45, 7) is 0.00309. The maximum atomic E-state index is 12.0. The van der Waals surface area contributed by atoms with Crippen LogP contribution in [-0.4, -0.2) is 36.0 Å². The molecule has 0 aliphatic carbocycles. The lowest BCUT2D eigenvalue weighted by atomic mass is 10.1. The Balaban J connectivity index is 1.53. The number of rotatable bonds is 6. The number of nitrogens with zero attached hydrogens (tertiary/aromatic N) is 1. The lowest BCUT2D eigenvalue weighted by molar-refractivity contribution is -0.141. The zero-order chi connectivity index (χ0) is 19.4. The second kappa shape index (κ2) is 8.22. The highest BCUT2D eigenvalue weighted by Crippen LogP contribution is 2.27. The van der Waals surface area contributed by atoms with Crippen LogP contribution < -0.4 is 15.0 Å². The van der Waals surface area contributed by atoms with E-state index in [0.717, 1.165) is 4.47 Å². The Labute approximate surface area is 164 Å². The minimum absolute atomic E-state index is 0.00378. The van der Waals surface area contributed by atoms with Crippen molar-refractivity contribution in [3.05, 3.63) is 53.0 Å². The van der Waals surface area contributed by atoms with Gasteiger partial charge in [-0.05, 0) is 48.5 Å².